The number of halogens is 1. The van der Waals surface area contributed by atoms with E-state index in [0.717, 1.165) is 23.1 Å². The van der Waals surface area contributed by atoms with Gasteiger partial charge in [0.2, 0.25) is 0 Å². The van der Waals surface area contributed by atoms with E-state index in [4.69, 9.17) is 4.74 Å². The third-order valence-corrected chi connectivity index (χ3v) is 5.29. The molecule has 92 valence electrons. The van der Waals surface area contributed by atoms with Crippen LogP contribution < -0.4 is 0 Å². The minimum absolute atomic E-state index is 0.100. The minimum Gasteiger partial charge on any atom is -0.469 e. The number of ether oxygens (including phenoxy) is 1. The summed E-state index contributed by atoms with van der Waals surface area (Å²) in [6, 6.07) is 1.99. The number of hydrogen-bond acceptors (Lipinski definition) is 4. The Morgan fingerprint density at radius 2 is 2.41 bits per heavy atom. The number of carbonyl (C=O) groups excluding carboxylic acids is 1. The first kappa shape index (κ1) is 12.9. The van der Waals surface area contributed by atoms with E-state index in [1.54, 1.807) is 24.2 Å². The molecule has 0 radical (unpaired) electrons. The van der Waals surface area contributed by atoms with E-state index in [2.05, 4.69) is 20.9 Å². The number of esters is 1. The summed E-state index contributed by atoms with van der Waals surface area (Å²) in [6.45, 7) is 0. The molecule has 1 fully saturated rings. The summed E-state index contributed by atoms with van der Waals surface area (Å²) in [4.78, 5) is 16.5. The van der Waals surface area contributed by atoms with Crippen molar-refractivity contribution in [3.8, 4) is 0 Å². The van der Waals surface area contributed by atoms with Crippen molar-refractivity contribution in [1.29, 1.82) is 0 Å². The Labute approximate surface area is 113 Å². The van der Waals surface area contributed by atoms with Gasteiger partial charge in [0.25, 0.3) is 0 Å². The van der Waals surface area contributed by atoms with Crippen LogP contribution in [0, 0.1) is 5.41 Å². The first-order valence-corrected chi connectivity index (χ1v) is 7.22. The van der Waals surface area contributed by atoms with Gasteiger partial charge in [-0.1, -0.05) is 0 Å². The number of methoxy groups -OCH3 is 1. The van der Waals surface area contributed by atoms with Gasteiger partial charge in [-0.05, 0) is 40.3 Å². The molecule has 0 bridgehead atoms. The molecule has 0 unspecified atom stereocenters. The van der Waals surface area contributed by atoms with Crippen molar-refractivity contribution in [2.75, 3.05) is 12.9 Å². The van der Waals surface area contributed by atoms with Crippen molar-refractivity contribution in [3.05, 3.63) is 22.9 Å². The molecule has 0 saturated heterocycles. The summed E-state index contributed by atoms with van der Waals surface area (Å²) in [7, 11) is 1.45. The molecule has 0 N–H and O–H groups in total. The SMILES string of the molecule is COC(=O)CC1(CSc2ccncc2Br)CC1. The fourth-order valence-corrected chi connectivity index (χ4v) is 3.43. The van der Waals surface area contributed by atoms with Gasteiger partial charge in [0.05, 0.1) is 13.5 Å². The quantitative estimate of drug-likeness (QED) is 0.617. The Balaban J connectivity index is 1.90. The molecule has 0 aliphatic heterocycles. The summed E-state index contributed by atoms with van der Waals surface area (Å²) in [5, 5.41) is 0. The van der Waals surface area contributed by atoms with E-state index >= 15 is 0 Å². The van der Waals surface area contributed by atoms with Crippen LogP contribution >= 0.6 is 27.7 Å². The molecule has 1 aliphatic rings. The summed E-state index contributed by atoms with van der Waals surface area (Å²) in [6.07, 6.45) is 6.37. The predicted molar refractivity (Wildman–Crippen MR) is 71.0 cm³/mol. The zero-order chi connectivity index (χ0) is 12.3. The highest BCUT2D eigenvalue weighted by Crippen LogP contribution is 2.52. The molecule has 1 saturated carbocycles. The molecule has 0 atom stereocenters. The van der Waals surface area contributed by atoms with E-state index in [1.807, 2.05) is 6.07 Å². The molecule has 1 heterocycles. The lowest BCUT2D eigenvalue weighted by Crippen LogP contribution is -2.13. The molecular weight excluding hydrogens is 302 g/mol. The molecule has 5 heteroatoms. The normalized spacial score (nSPS) is 16.6. The van der Waals surface area contributed by atoms with Crippen LogP contribution in [0.5, 0.6) is 0 Å². The maximum atomic E-state index is 11.3. The topological polar surface area (TPSA) is 39.2 Å². The lowest BCUT2D eigenvalue weighted by Gasteiger charge is -2.13. The van der Waals surface area contributed by atoms with E-state index in [1.165, 1.54) is 12.0 Å². The molecule has 1 aliphatic carbocycles. The first-order valence-electron chi connectivity index (χ1n) is 5.44. The van der Waals surface area contributed by atoms with Crippen LogP contribution in [0.2, 0.25) is 0 Å². The Morgan fingerprint density at radius 3 is 3.00 bits per heavy atom. The second-order valence-electron chi connectivity index (χ2n) is 4.35. The lowest BCUT2D eigenvalue weighted by atomic mass is 10.1. The molecule has 1 aromatic rings. The van der Waals surface area contributed by atoms with Gasteiger partial charge in [-0.15, -0.1) is 11.8 Å². The average molecular weight is 316 g/mol. The van der Waals surface area contributed by atoms with Crippen LogP contribution in [0.1, 0.15) is 19.3 Å². The van der Waals surface area contributed by atoms with Gasteiger partial charge in [-0.25, -0.2) is 0 Å². The van der Waals surface area contributed by atoms with Crippen LogP contribution in [-0.2, 0) is 9.53 Å². The highest BCUT2D eigenvalue weighted by Gasteiger charge is 2.44. The number of thioether (sulfide) groups is 1. The molecular formula is C12H14BrNO2S. The van der Waals surface area contributed by atoms with Crippen LogP contribution in [0.3, 0.4) is 0 Å². The number of hydrogen-bond donors (Lipinski definition) is 0. The first-order chi connectivity index (χ1) is 8.15. The maximum Gasteiger partial charge on any atom is 0.306 e. The Kier molecular flexibility index (Phi) is 4.09. The molecule has 0 amide bonds. The predicted octanol–water partition coefficient (Wildman–Crippen LogP) is 3.28. The largest absolute Gasteiger partial charge is 0.469 e. The Hall–Kier alpha value is -0.550. The van der Waals surface area contributed by atoms with Gasteiger partial charge in [0.15, 0.2) is 0 Å². The van der Waals surface area contributed by atoms with Gasteiger partial charge in [-0.2, -0.15) is 0 Å². The fraction of sp³-hybridized carbons (Fsp3) is 0.500. The standard InChI is InChI=1S/C12H14BrNO2S/c1-16-11(15)6-12(3-4-12)8-17-10-2-5-14-7-9(10)13/h2,5,7H,3-4,6,8H2,1H3. The van der Waals surface area contributed by atoms with E-state index in [-0.39, 0.29) is 11.4 Å². The number of aromatic nitrogens is 1. The van der Waals surface area contributed by atoms with Gasteiger partial charge >= 0.3 is 5.97 Å². The fourth-order valence-electron chi connectivity index (χ4n) is 1.64. The van der Waals surface area contributed by atoms with E-state index in [9.17, 15) is 4.79 Å². The van der Waals surface area contributed by atoms with Crippen molar-refractivity contribution in [3.63, 3.8) is 0 Å². The van der Waals surface area contributed by atoms with Crippen molar-refractivity contribution < 1.29 is 9.53 Å². The lowest BCUT2D eigenvalue weighted by molar-refractivity contribution is -0.141. The van der Waals surface area contributed by atoms with E-state index in [0.29, 0.717) is 6.42 Å². The Morgan fingerprint density at radius 1 is 1.65 bits per heavy atom. The summed E-state index contributed by atoms with van der Waals surface area (Å²) < 4.78 is 5.75. The van der Waals surface area contributed by atoms with Gasteiger partial charge < -0.3 is 4.74 Å². The molecule has 1 aromatic heterocycles. The van der Waals surface area contributed by atoms with Gasteiger partial charge in [0, 0.05) is 27.5 Å². The number of rotatable bonds is 5. The second-order valence-corrected chi connectivity index (χ2v) is 6.22. The van der Waals surface area contributed by atoms with Crippen molar-refractivity contribution >= 4 is 33.7 Å². The number of pyridine rings is 1. The number of nitrogens with zero attached hydrogens (tertiary/aromatic N) is 1. The van der Waals surface area contributed by atoms with Crippen molar-refractivity contribution in [2.45, 2.75) is 24.2 Å². The van der Waals surface area contributed by atoms with Gasteiger partial charge in [0.1, 0.15) is 0 Å². The van der Waals surface area contributed by atoms with Crippen LogP contribution in [-0.4, -0.2) is 23.8 Å². The van der Waals surface area contributed by atoms with Crippen LogP contribution in [0.4, 0.5) is 0 Å². The van der Waals surface area contributed by atoms with Gasteiger partial charge in [-0.3, -0.25) is 9.78 Å². The maximum absolute atomic E-state index is 11.3. The summed E-state index contributed by atoms with van der Waals surface area (Å²) in [5.74, 6) is 0.863. The zero-order valence-electron chi connectivity index (χ0n) is 9.61. The zero-order valence-corrected chi connectivity index (χ0v) is 12.0. The minimum atomic E-state index is -0.100. The highest BCUT2D eigenvalue weighted by molar-refractivity contribution is 9.10. The second kappa shape index (κ2) is 5.40. The summed E-state index contributed by atoms with van der Waals surface area (Å²) in [5.41, 5.74) is 0.167. The van der Waals surface area contributed by atoms with Crippen LogP contribution in [0.25, 0.3) is 0 Å². The highest BCUT2D eigenvalue weighted by atomic mass is 79.9. The average Bonchev–Trinajstić information content (AvgIpc) is 3.08. The smallest absolute Gasteiger partial charge is 0.306 e. The monoisotopic (exact) mass is 315 g/mol. The van der Waals surface area contributed by atoms with Crippen LogP contribution in [0.15, 0.2) is 27.8 Å². The molecule has 0 aromatic carbocycles. The Bertz CT molecular complexity index is 421. The van der Waals surface area contributed by atoms with E-state index < -0.39 is 0 Å². The molecule has 3 nitrogen and oxygen atoms in total. The number of carbonyl (C=O) groups is 1. The molecule has 0 spiro atoms. The molecule has 2 rings (SSSR count). The van der Waals surface area contributed by atoms with Crippen molar-refractivity contribution in [1.82, 2.24) is 4.98 Å². The summed E-state index contributed by atoms with van der Waals surface area (Å²) >= 11 is 5.25. The van der Waals surface area contributed by atoms with Crippen molar-refractivity contribution in [2.24, 2.45) is 5.41 Å². The third kappa shape index (κ3) is 3.45. The molecule has 17 heavy (non-hydrogen) atoms. The third-order valence-electron chi connectivity index (χ3n) is 2.97.